The van der Waals surface area contributed by atoms with Crippen molar-refractivity contribution >= 4 is 16.7 Å². The molecular weight excluding hydrogens is 310 g/mol. The van der Waals surface area contributed by atoms with Gasteiger partial charge in [-0.2, -0.15) is 4.37 Å². The van der Waals surface area contributed by atoms with E-state index in [-0.39, 0.29) is 11.5 Å². The Bertz CT molecular complexity index is 706. The summed E-state index contributed by atoms with van der Waals surface area (Å²) >= 11 is 1.39. The lowest BCUT2D eigenvalue weighted by atomic mass is 9.96. The maximum absolute atomic E-state index is 5.84. The van der Waals surface area contributed by atoms with Crippen molar-refractivity contribution in [2.45, 2.75) is 52.2 Å². The number of methoxy groups -OCH3 is 1. The molecule has 2 heterocycles. The highest BCUT2D eigenvalue weighted by atomic mass is 32.1. The summed E-state index contributed by atoms with van der Waals surface area (Å²) < 4.78 is 15.8. The zero-order valence-corrected chi connectivity index (χ0v) is 15.1. The lowest BCUT2D eigenvalue weighted by molar-refractivity contribution is 0.254. The summed E-state index contributed by atoms with van der Waals surface area (Å²) in [6, 6.07) is 4.15. The van der Waals surface area contributed by atoms with Crippen LogP contribution in [0.15, 0.2) is 12.1 Å². The third-order valence-corrected chi connectivity index (χ3v) is 4.50. The predicted molar refractivity (Wildman–Crippen MR) is 92.7 cm³/mol. The maximum atomic E-state index is 5.84. The summed E-state index contributed by atoms with van der Waals surface area (Å²) in [5, 5.41) is 4.17. The van der Waals surface area contributed by atoms with Gasteiger partial charge in [-0.05, 0) is 19.1 Å². The molecule has 0 aliphatic carbocycles. The molecule has 1 aromatic heterocycles. The first kappa shape index (κ1) is 16.1. The highest BCUT2D eigenvalue weighted by Gasteiger charge is 2.22. The van der Waals surface area contributed by atoms with Crippen molar-refractivity contribution in [3.8, 4) is 11.5 Å². The average molecular weight is 333 g/mol. The van der Waals surface area contributed by atoms with Gasteiger partial charge in [0.15, 0.2) is 0 Å². The Morgan fingerprint density at radius 2 is 2.17 bits per heavy atom. The SMILES string of the molecule is COc1cc2c(cc1CNc1nc(C(C)(C)C)ns1)OC(C)C2. The van der Waals surface area contributed by atoms with E-state index in [0.717, 1.165) is 34.4 Å². The summed E-state index contributed by atoms with van der Waals surface area (Å²) in [5.74, 6) is 2.71. The monoisotopic (exact) mass is 333 g/mol. The molecule has 0 radical (unpaired) electrons. The molecule has 3 rings (SSSR count). The second-order valence-electron chi connectivity index (χ2n) is 6.93. The zero-order chi connectivity index (χ0) is 16.6. The zero-order valence-electron chi connectivity index (χ0n) is 14.3. The van der Waals surface area contributed by atoms with E-state index < -0.39 is 0 Å². The fourth-order valence-corrected chi connectivity index (χ4v) is 3.33. The Labute approximate surface area is 141 Å². The molecular formula is C17H23N3O2S. The van der Waals surface area contributed by atoms with Crippen LogP contribution in [0.25, 0.3) is 0 Å². The van der Waals surface area contributed by atoms with E-state index >= 15 is 0 Å². The van der Waals surface area contributed by atoms with Crippen LogP contribution in [0.3, 0.4) is 0 Å². The van der Waals surface area contributed by atoms with Crippen molar-refractivity contribution in [1.29, 1.82) is 0 Å². The maximum Gasteiger partial charge on any atom is 0.202 e. The van der Waals surface area contributed by atoms with Gasteiger partial charge in [0.1, 0.15) is 23.4 Å². The van der Waals surface area contributed by atoms with Crippen LogP contribution in [-0.4, -0.2) is 22.6 Å². The molecule has 0 saturated heterocycles. The highest BCUT2D eigenvalue weighted by molar-refractivity contribution is 7.09. The van der Waals surface area contributed by atoms with Crippen LogP contribution in [-0.2, 0) is 18.4 Å². The Kier molecular flexibility index (Phi) is 4.19. The Balaban J connectivity index is 1.76. The number of aromatic nitrogens is 2. The number of nitrogens with one attached hydrogen (secondary N) is 1. The normalized spacial score (nSPS) is 16.8. The Morgan fingerprint density at radius 3 is 2.83 bits per heavy atom. The molecule has 5 nitrogen and oxygen atoms in total. The Morgan fingerprint density at radius 1 is 1.39 bits per heavy atom. The molecule has 0 fully saturated rings. The minimum Gasteiger partial charge on any atom is -0.496 e. The summed E-state index contributed by atoms with van der Waals surface area (Å²) in [4.78, 5) is 4.56. The van der Waals surface area contributed by atoms with Crippen LogP contribution in [0.4, 0.5) is 5.13 Å². The van der Waals surface area contributed by atoms with E-state index in [9.17, 15) is 0 Å². The molecule has 124 valence electrons. The number of anilines is 1. The van der Waals surface area contributed by atoms with Gasteiger partial charge in [-0.3, -0.25) is 0 Å². The fourth-order valence-electron chi connectivity index (χ4n) is 2.58. The van der Waals surface area contributed by atoms with Crippen LogP contribution < -0.4 is 14.8 Å². The molecule has 1 unspecified atom stereocenters. The number of nitrogens with zero attached hydrogens (tertiary/aromatic N) is 2. The van der Waals surface area contributed by atoms with Crippen molar-refractivity contribution in [1.82, 2.24) is 9.36 Å². The molecule has 1 aliphatic rings. The predicted octanol–water partition coefficient (Wildman–Crippen LogP) is 3.78. The van der Waals surface area contributed by atoms with E-state index in [1.165, 1.54) is 17.1 Å². The van der Waals surface area contributed by atoms with Crippen molar-refractivity contribution in [2.75, 3.05) is 12.4 Å². The molecule has 1 aliphatic heterocycles. The fraction of sp³-hybridized carbons (Fsp3) is 0.529. The molecule has 23 heavy (non-hydrogen) atoms. The van der Waals surface area contributed by atoms with Crippen molar-refractivity contribution in [2.24, 2.45) is 0 Å². The van der Waals surface area contributed by atoms with Crippen LogP contribution >= 0.6 is 11.5 Å². The van der Waals surface area contributed by atoms with Gasteiger partial charge >= 0.3 is 0 Å². The molecule has 0 bridgehead atoms. The Hall–Kier alpha value is -1.82. The van der Waals surface area contributed by atoms with E-state index in [0.29, 0.717) is 6.54 Å². The average Bonchev–Trinajstić information content (AvgIpc) is 3.08. The van der Waals surface area contributed by atoms with E-state index in [1.807, 2.05) is 0 Å². The van der Waals surface area contributed by atoms with Gasteiger partial charge in [-0.25, -0.2) is 4.98 Å². The number of ether oxygens (including phenoxy) is 2. The number of hydrogen-bond acceptors (Lipinski definition) is 6. The molecule has 2 aromatic rings. The molecule has 1 atom stereocenters. The van der Waals surface area contributed by atoms with E-state index in [2.05, 4.69) is 54.5 Å². The van der Waals surface area contributed by atoms with Gasteiger partial charge in [0.05, 0.1) is 7.11 Å². The summed E-state index contributed by atoms with van der Waals surface area (Å²) in [5.41, 5.74) is 2.24. The minimum absolute atomic E-state index is 0.0360. The van der Waals surface area contributed by atoms with Gasteiger partial charge < -0.3 is 14.8 Å². The van der Waals surface area contributed by atoms with Crippen LogP contribution in [0.5, 0.6) is 11.5 Å². The molecule has 0 saturated carbocycles. The lowest BCUT2D eigenvalue weighted by Crippen LogP contribution is -2.13. The third kappa shape index (κ3) is 3.42. The largest absolute Gasteiger partial charge is 0.496 e. The van der Waals surface area contributed by atoms with Gasteiger partial charge in [-0.15, -0.1) is 0 Å². The standard InChI is InChI=1S/C17H23N3O2S/c1-10-6-11-7-13(21-5)12(8-14(11)22-10)9-18-16-19-15(20-23-16)17(2,3)4/h7-8,10H,6,9H2,1-5H3,(H,18,19,20). The minimum atomic E-state index is -0.0360. The highest BCUT2D eigenvalue weighted by Crippen LogP contribution is 2.35. The van der Waals surface area contributed by atoms with Crippen LogP contribution in [0.1, 0.15) is 44.6 Å². The number of hydrogen-bond donors (Lipinski definition) is 1. The number of rotatable bonds is 4. The van der Waals surface area contributed by atoms with Gasteiger partial charge in [0.25, 0.3) is 0 Å². The van der Waals surface area contributed by atoms with Gasteiger partial charge in [-0.1, -0.05) is 20.8 Å². The third-order valence-electron chi connectivity index (χ3n) is 3.83. The smallest absolute Gasteiger partial charge is 0.202 e. The second kappa shape index (κ2) is 6.00. The molecule has 0 spiro atoms. The first-order valence-corrected chi connectivity index (χ1v) is 8.58. The first-order valence-electron chi connectivity index (χ1n) is 7.81. The van der Waals surface area contributed by atoms with Gasteiger partial charge in [0, 0.05) is 41.0 Å². The number of benzene rings is 1. The topological polar surface area (TPSA) is 56.3 Å². The van der Waals surface area contributed by atoms with E-state index in [1.54, 1.807) is 7.11 Å². The summed E-state index contributed by atoms with van der Waals surface area (Å²) in [7, 11) is 1.70. The molecule has 1 N–H and O–H groups in total. The van der Waals surface area contributed by atoms with E-state index in [4.69, 9.17) is 9.47 Å². The number of fused-ring (bicyclic) bond motifs is 1. The first-order chi connectivity index (χ1) is 10.9. The molecule has 6 heteroatoms. The van der Waals surface area contributed by atoms with Crippen molar-refractivity contribution in [3.63, 3.8) is 0 Å². The summed E-state index contributed by atoms with van der Waals surface area (Å²) in [6.07, 6.45) is 1.17. The van der Waals surface area contributed by atoms with Crippen molar-refractivity contribution in [3.05, 3.63) is 29.1 Å². The lowest BCUT2D eigenvalue weighted by Gasteiger charge is -2.13. The molecule has 0 amide bonds. The van der Waals surface area contributed by atoms with Gasteiger partial charge in [0.2, 0.25) is 5.13 Å². The quantitative estimate of drug-likeness (QED) is 0.923. The second-order valence-corrected chi connectivity index (χ2v) is 7.68. The van der Waals surface area contributed by atoms with Crippen LogP contribution in [0.2, 0.25) is 0 Å². The van der Waals surface area contributed by atoms with Crippen LogP contribution in [0, 0.1) is 0 Å². The van der Waals surface area contributed by atoms with Crippen molar-refractivity contribution < 1.29 is 9.47 Å². The molecule has 1 aromatic carbocycles. The summed E-state index contributed by atoms with van der Waals surface area (Å²) in [6.45, 7) is 9.05.